The number of benzene rings is 8. The largest absolute Gasteiger partial charge is 0.116 e. The van der Waals surface area contributed by atoms with Crippen LogP contribution in [0.2, 0.25) is 0 Å². The molecule has 0 bridgehead atoms. The highest BCUT2D eigenvalue weighted by Gasteiger charge is 2.47. The van der Waals surface area contributed by atoms with Crippen molar-refractivity contribution in [2.75, 3.05) is 0 Å². The van der Waals surface area contributed by atoms with E-state index in [4.69, 9.17) is 0 Å². The smallest absolute Gasteiger partial charge is 0.0620 e. The molecule has 8 aromatic rings. The van der Waals surface area contributed by atoms with Gasteiger partial charge in [-0.2, -0.15) is 0 Å². The Labute approximate surface area is 316 Å². The molecule has 256 valence electrons. The fourth-order valence-corrected chi connectivity index (χ4v) is 16.6. The maximum atomic E-state index is 2.39. The Morgan fingerprint density at radius 1 is 0.208 bits per heavy atom. The molecule has 0 spiro atoms. The van der Waals surface area contributed by atoms with Gasteiger partial charge in [0.05, 0.1) is 12.3 Å². The first-order valence-corrected chi connectivity index (χ1v) is 22.5. The van der Waals surface area contributed by atoms with Crippen LogP contribution in [0.25, 0.3) is 0 Å². The van der Waals surface area contributed by atoms with Crippen molar-refractivity contribution in [2.24, 2.45) is 0 Å². The molecule has 0 heterocycles. The highest BCUT2D eigenvalue weighted by atomic mass is 31.2. The molecular weight excluding hydrogens is 675 g/mol. The molecular formula is C51H44P2+2. The molecule has 2 heteroatoms. The topological polar surface area (TPSA) is 0 Å². The van der Waals surface area contributed by atoms with Gasteiger partial charge in [-0.25, -0.2) is 0 Å². The molecule has 0 saturated heterocycles. The summed E-state index contributed by atoms with van der Waals surface area (Å²) in [6, 6.07) is 86.0. The number of rotatable bonds is 12. The summed E-state index contributed by atoms with van der Waals surface area (Å²) in [6.07, 6.45) is 2.79. The second-order valence-corrected chi connectivity index (χ2v) is 20.6. The zero-order chi connectivity index (χ0) is 35.8. The molecule has 8 rings (SSSR count). The van der Waals surface area contributed by atoms with Gasteiger partial charge in [0.25, 0.3) is 0 Å². The molecule has 0 aliphatic heterocycles. The lowest BCUT2D eigenvalue weighted by Crippen LogP contribution is -2.33. The average molecular weight is 719 g/mol. The summed E-state index contributed by atoms with van der Waals surface area (Å²) < 4.78 is 0. The minimum absolute atomic E-state index is 0.878. The lowest BCUT2D eigenvalue weighted by Gasteiger charge is -2.29. The summed E-state index contributed by atoms with van der Waals surface area (Å²) in [7, 11) is -4.13. The van der Waals surface area contributed by atoms with Gasteiger partial charge in [0.15, 0.2) is 0 Å². The number of hydrogen-bond donors (Lipinski definition) is 0. The number of hydrogen-bond acceptors (Lipinski definition) is 0. The standard InChI is InChI=1S/C51H44P2/c1-7-27-46(28-8-1)52(47-29-9-2-10-30-47,48-31-11-3-12-32-48)40-44-25-21-19-23-42(44)39-43-24-20-22-26-45(43)41-53(49-33-13-4-14-34-49,50-35-15-5-16-36-50)51-37-17-6-18-38-51/h1-38H,39-41H2/q+2. The monoisotopic (exact) mass is 718 g/mol. The third-order valence-electron chi connectivity index (χ3n) is 10.6. The van der Waals surface area contributed by atoms with E-state index in [0.717, 1.165) is 18.7 Å². The molecule has 0 atom stereocenters. The quantitative estimate of drug-likeness (QED) is 0.110. The molecule has 0 saturated carbocycles. The maximum absolute atomic E-state index is 2.39. The first-order valence-electron chi connectivity index (χ1n) is 18.5. The van der Waals surface area contributed by atoms with Crippen molar-refractivity contribution in [3.8, 4) is 0 Å². The van der Waals surface area contributed by atoms with Crippen LogP contribution in [0.5, 0.6) is 0 Å². The van der Waals surface area contributed by atoms with E-state index < -0.39 is 14.5 Å². The van der Waals surface area contributed by atoms with Gasteiger partial charge in [0.1, 0.15) is 46.4 Å². The van der Waals surface area contributed by atoms with Gasteiger partial charge in [0, 0.05) is 0 Å². The van der Waals surface area contributed by atoms with Crippen LogP contribution in [-0.2, 0) is 18.7 Å². The third-order valence-corrected chi connectivity index (χ3v) is 19.3. The van der Waals surface area contributed by atoms with E-state index in [9.17, 15) is 0 Å². The van der Waals surface area contributed by atoms with Gasteiger partial charge in [-0.1, -0.05) is 158 Å². The molecule has 53 heavy (non-hydrogen) atoms. The Bertz CT molecular complexity index is 1980. The van der Waals surface area contributed by atoms with E-state index in [1.807, 2.05) is 0 Å². The Balaban J connectivity index is 1.25. The Kier molecular flexibility index (Phi) is 10.5. The first kappa shape index (κ1) is 34.7. The van der Waals surface area contributed by atoms with E-state index in [1.165, 1.54) is 54.1 Å². The summed E-state index contributed by atoms with van der Waals surface area (Å²) in [4.78, 5) is 0. The van der Waals surface area contributed by atoms with Crippen molar-refractivity contribution in [1.29, 1.82) is 0 Å². The van der Waals surface area contributed by atoms with Crippen molar-refractivity contribution >= 4 is 46.4 Å². The molecule has 0 unspecified atom stereocenters. The highest BCUT2D eigenvalue weighted by molar-refractivity contribution is 7.95. The van der Waals surface area contributed by atoms with E-state index >= 15 is 0 Å². The van der Waals surface area contributed by atoms with E-state index in [0.29, 0.717) is 0 Å². The van der Waals surface area contributed by atoms with Crippen LogP contribution in [0.15, 0.2) is 231 Å². The van der Waals surface area contributed by atoms with Crippen LogP contribution in [0.4, 0.5) is 0 Å². The third kappa shape index (κ3) is 7.06. The second-order valence-electron chi connectivity index (χ2n) is 13.7. The fourth-order valence-electron chi connectivity index (χ4n) is 8.02. The van der Waals surface area contributed by atoms with Gasteiger partial charge in [-0.05, 0) is 101 Å². The van der Waals surface area contributed by atoms with Crippen molar-refractivity contribution in [3.63, 3.8) is 0 Å². The summed E-state index contributed by atoms with van der Waals surface area (Å²) in [6.45, 7) is 0. The van der Waals surface area contributed by atoms with Crippen molar-refractivity contribution in [1.82, 2.24) is 0 Å². The van der Waals surface area contributed by atoms with E-state index in [1.54, 1.807) is 0 Å². The maximum Gasteiger partial charge on any atom is 0.116 e. The van der Waals surface area contributed by atoms with E-state index in [2.05, 4.69) is 231 Å². The molecule has 0 fully saturated rings. The molecule has 0 radical (unpaired) electrons. The SMILES string of the molecule is c1ccc([P+](Cc2ccccc2Cc2ccccc2C[P+](c2ccccc2)(c2ccccc2)c2ccccc2)(c2ccccc2)c2ccccc2)cc1. The summed E-state index contributed by atoms with van der Waals surface area (Å²) in [5.74, 6) is 0. The molecule has 0 aromatic heterocycles. The van der Waals surface area contributed by atoms with E-state index in [-0.39, 0.29) is 0 Å². The zero-order valence-electron chi connectivity index (χ0n) is 30.0. The first-order chi connectivity index (χ1) is 26.3. The molecule has 0 aliphatic carbocycles. The van der Waals surface area contributed by atoms with Crippen LogP contribution >= 0.6 is 14.5 Å². The summed E-state index contributed by atoms with van der Waals surface area (Å²) in [5.41, 5.74) is 5.63. The average Bonchev–Trinajstić information content (AvgIpc) is 3.25. The van der Waals surface area contributed by atoms with Crippen molar-refractivity contribution in [3.05, 3.63) is 253 Å². The molecule has 8 aromatic carbocycles. The van der Waals surface area contributed by atoms with Gasteiger partial charge >= 0.3 is 0 Å². The predicted molar refractivity (Wildman–Crippen MR) is 233 cm³/mol. The zero-order valence-corrected chi connectivity index (χ0v) is 31.7. The van der Waals surface area contributed by atoms with Gasteiger partial charge < -0.3 is 0 Å². The van der Waals surface area contributed by atoms with Crippen LogP contribution in [0.1, 0.15) is 22.3 Å². The molecule has 0 nitrogen and oxygen atoms in total. The van der Waals surface area contributed by atoms with Crippen LogP contribution in [0, 0.1) is 0 Å². The van der Waals surface area contributed by atoms with Gasteiger partial charge in [-0.15, -0.1) is 0 Å². The fraction of sp³-hybridized carbons (Fsp3) is 0.0588. The predicted octanol–water partition coefficient (Wildman–Crippen LogP) is 10.3. The van der Waals surface area contributed by atoms with Crippen molar-refractivity contribution in [2.45, 2.75) is 18.7 Å². The van der Waals surface area contributed by atoms with Crippen LogP contribution in [0.3, 0.4) is 0 Å². The molecule has 0 N–H and O–H groups in total. The normalized spacial score (nSPS) is 11.6. The molecule has 0 aliphatic rings. The Hall–Kier alpha value is -5.38. The summed E-state index contributed by atoms with van der Waals surface area (Å²) in [5, 5.41) is 8.48. The minimum atomic E-state index is -2.07. The molecule has 0 amide bonds. The highest BCUT2D eigenvalue weighted by Crippen LogP contribution is 2.60. The summed E-state index contributed by atoms with van der Waals surface area (Å²) >= 11 is 0. The lowest BCUT2D eigenvalue weighted by atomic mass is 9.97. The Morgan fingerprint density at radius 3 is 0.623 bits per heavy atom. The van der Waals surface area contributed by atoms with Crippen LogP contribution in [-0.4, -0.2) is 0 Å². The second kappa shape index (κ2) is 16.1. The Morgan fingerprint density at radius 2 is 0.396 bits per heavy atom. The minimum Gasteiger partial charge on any atom is -0.0620 e. The van der Waals surface area contributed by atoms with Crippen LogP contribution < -0.4 is 31.8 Å². The van der Waals surface area contributed by atoms with Crippen molar-refractivity contribution < 1.29 is 0 Å². The van der Waals surface area contributed by atoms with Gasteiger partial charge in [0.2, 0.25) is 0 Å². The lowest BCUT2D eigenvalue weighted by molar-refractivity contribution is 1.11. The van der Waals surface area contributed by atoms with Gasteiger partial charge in [-0.3, -0.25) is 0 Å².